The van der Waals surface area contributed by atoms with Crippen molar-refractivity contribution in [1.29, 1.82) is 0 Å². The highest BCUT2D eigenvalue weighted by Crippen LogP contribution is 2.21. The van der Waals surface area contributed by atoms with Gasteiger partial charge in [-0.2, -0.15) is 0 Å². The molecule has 1 aromatic carbocycles. The fourth-order valence-corrected chi connectivity index (χ4v) is 3.10. The molecule has 0 unspecified atom stereocenters. The van der Waals surface area contributed by atoms with Crippen LogP contribution in [-0.2, 0) is 11.3 Å². The number of pyridine rings is 1. The van der Waals surface area contributed by atoms with Gasteiger partial charge >= 0.3 is 0 Å². The summed E-state index contributed by atoms with van der Waals surface area (Å²) in [5, 5.41) is 11.8. The van der Waals surface area contributed by atoms with E-state index in [0.717, 1.165) is 49.9 Å². The van der Waals surface area contributed by atoms with Crippen molar-refractivity contribution in [3.05, 3.63) is 60.0 Å². The molecule has 0 bridgehead atoms. The lowest BCUT2D eigenvalue weighted by Crippen LogP contribution is -2.11. The van der Waals surface area contributed by atoms with Crippen LogP contribution in [0.2, 0.25) is 5.02 Å². The number of hydrogen-bond acceptors (Lipinski definition) is 4. The lowest BCUT2D eigenvalue weighted by atomic mass is 10.1. The van der Waals surface area contributed by atoms with Gasteiger partial charge in [-0.25, -0.2) is 0 Å². The van der Waals surface area contributed by atoms with Crippen molar-refractivity contribution in [3.8, 4) is 11.3 Å². The zero-order chi connectivity index (χ0) is 19.6. The van der Waals surface area contributed by atoms with Gasteiger partial charge in [-0.15, -0.1) is 5.10 Å². The third-order valence-electron chi connectivity index (χ3n) is 4.43. The summed E-state index contributed by atoms with van der Waals surface area (Å²) in [6, 6.07) is 11.1. The molecule has 1 amide bonds. The van der Waals surface area contributed by atoms with Crippen LogP contribution in [0.3, 0.4) is 0 Å². The molecule has 0 radical (unpaired) electrons. The molecule has 0 atom stereocenters. The summed E-state index contributed by atoms with van der Waals surface area (Å²) < 4.78 is 1.87. The Hall–Kier alpha value is -2.73. The summed E-state index contributed by atoms with van der Waals surface area (Å²) in [6.45, 7) is 0.847. The zero-order valence-corrected chi connectivity index (χ0v) is 16.5. The number of halogens is 1. The Morgan fingerprint density at radius 1 is 1.04 bits per heavy atom. The van der Waals surface area contributed by atoms with Crippen LogP contribution in [0, 0.1) is 0 Å². The molecule has 0 spiro atoms. The first-order valence-electron chi connectivity index (χ1n) is 9.57. The second-order valence-corrected chi connectivity index (χ2v) is 7.06. The van der Waals surface area contributed by atoms with E-state index < -0.39 is 0 Å². The topological polar surface area (TPSA) is 72.7 Å². The van der Waals surface area contributed by atoms with Crippen molar-refractivity contribution >= 4 is 23.2 Å². The van der Waals surface area contributed by atoms with Crippen LogP contribution in [0.15, 0.2) is 55.0 Å². The number of benzene rings is 1. The summed E-state index contributed by atoms with van der Waals surface area (Å²) in [4.78, 5) is 16.1. The fraction of sp³-hybridized carbons (Fsp3) is 0.333. The van der Waals surface area contributed by atoms with E-state index in [2.05, 4.69) is 20.6 Å². The van der Waals surface area contributed by atoms with Crippen LogP contribution < -0.4 is 5.32 Å². The Kier molecular flexibility index (Phi) is 7.55. The lowest BCUT2D eigenvalue weighted by molar-refractivity contribution is -0.116. The first kappa shape index (κ1) is 20.0. The molecule has 1 N–H and O–H groups in total. The maximum atomic E-state index is 12.0. The second-order valence-electron chi connectivity index (χ2n) is 6.65. The van der Waals surface area contributed by atoms with Crippen LogP contribution in [0.25, 0.3) is 11.3 Å². The molecule has 0 saturated carbocycles. The largest absolute Gasteiger partial charge is 0.325 e. The van der Waals surface area contributed by atoms with E-state index in [1.165, 1.54) is 0 Å². The lowest BCUT2D eigenvalue weighted by Gasteiger charge is -2.07. The fourth-order valence-electron chi connectivity index (χ4n) is 2.92. The third kappa shape index (κ3) is 6.16. The third-order valence-corrected chi connectivity index (χ3v) is 4.76. The average Bonchev–Trinajstić information content (AvgIpc) is 3.19. The van der Waals surface area contributed by atoms with Crippen LogP contribution in [0.4, 0.5) is 5.69 Å². The number of nitrogens with zero attached hydrogens (tertiary/aromatic N) is 4. The Morgan fingerprint density at radius 3 is 2.68 bits per heavy atom. The van der Waals surface area contributed by atoms with E-state index in [0.29, 0.717) is 17.1 Å². The van der Waals surface area contributed by atoms with Crippen molar-refractivity contribution in [2.24, 2.45) is 0 Å². The van der Waals surface area contributed by atoms with Crippen molar-refractivity contribution < 1.29 is 4.79 Å². The van der Waals surface area contributed by atoms with Crippen molar-refractivity contribution in [2.75, 3.05) is 5.32 Å². The molecule has 146 valence electrons. The maximum Gasteiger partial charge on any atom is 0.224 e. The van der Waals surface area contributed by atoms with E-state index in [1.807, 2.05) is 41.2 Å². The molecular formula is C21H24ClN5O. The highest BCUT2D eigenvalue weighted by atomic mass is 35.5. The minimum absolute atomic E-state index is 0.0126. The monoisotopic (exact) mass is 397 g/mol. The van der Waals surface area contributed by atoms with E-state index in [1.54, 1.807) is 18.5 Å². The molecule has 3 rings (SSSR count). The van der Waals surface area contributed by atoms with Gasteiger partial charge < -0.3 is 5.32 Å². The van der Waals surface area contributed by atoms with Crippen molar-refractivity contribution in [1.82, 2.24) is 20.0 Å². The average molecular weight is 398 g/mol. The minimum Gasteiger partial charge on any atom is -0.325 e. The summed E-state index contributed by atoms with van der Waals surface area (Å²) in [5.41, 5.74) is 2.49. The second kappa shape index (κ2) is 10.6. The van der Waals surface area contributed by atoms with Gasteiger partial charge in [0, 0.05) is 30.9 Å². The number of anilines is 1. The quantitative estimate of drug-likeness (QED) is 0.490. The molecule has 3 aromatic rings. The summed E-state index contributed by atoms with van der Waals surface area (Å²) in [5.74, 6) is 0.0126. The minimum atomic E-state index is 0.0126. The molecule has 2 heterocycles. The molecule has 28 heavy (non-hydrogen) atoms. The van der Waals surface area contributed by atoms with Crippen LogP contribution in [-0.4, -0.2) is 25.9 Å². The summed E-state index contributed by atoms with van der Waals surface area (Å²) >= 11 is 6.04. The molecule has 2 aromatic heterocycles. The zero-order valence-electron chi connectivity index (χ0n) is 15.7. The highest BCUT2D eigenvalue weighted by Gasteiger charge is 2.05. The molecule has 0 aliphatic rings. The SMILES string of the molecule is O=C(CCCCCCCn1cc(-c2cccnc2)nn1)Nc1ccccc1Cl. The standard InChI is InChI=1S/C21H24ClN5O/c22-18-10-5-6-11-19(18)24-21(28)12-4-2-1-3-7-14-27-16-20(25-26-27)17-9-8-13-23-15-17/h5-6,8-11,13,15-16H,1-4,7,12,14H2,(H,24,28). The Labute approximate surface area is 169 Å². The van der Waals surface area contributed by atoms with Gasteiger partial charge in [-0.1, -0.05) is 48.2 Å². The molecule has 0 saturated heterocycles. The number of carbonyl (C=O) groups excluding carboxylic acids is 1. The number of nitrogens with one attached hydrogen (secondary N) is 1. The van der Waals surface area contributed by atoms with Gasteiger partial charge in [0.15, 0.2) is 0 Å². The number of amides is 1. The Bertz CT molecular complexity index is 881. The van der Waals surface area contributed by atoms with Crippen LogP contribution >= 0.6 is 11.6 Å². The van der Waals surface area contributed by atoms with E-state index in [-0.39, 0.29) is 5.91 Å². The maximum absolute atomic E-state index is 12.0. The van der Waals surface area contributed by atoms with Crippen LogP contribution in [0.5, 0.6) is 0 Å². The van der Waals surface area contributed by atoms with Gasteiger partial charge in [0.2, 0.25) is 5.91 Å². The predicted octanol–water partition coefficient (Wildman–Crippen LogP) is 4.97. The van der Waals surface area contributed by atoms with Gasteiger partial charge in [-0.3, -0.25) is 14.5 Å². The van der Waals surface area contributed by atoms with Crippen LogP contribution in [0.1, 0.15) is 38.5 Å². The number of aryl methyl sites for hydroxylation is 1. The number of unbranched alkanes of at least 4 members (excludes halogenated alkanes) is 4. The van der Waals surface area contributed by atoms with Gasteiger partial charge in [0.1, 0.15) is 5.69 Å². The first-order valence-corrected chi connectivity index (χ1v) is 9.95. The first-order chi connectivity index (χ1) is 13.7. The smallest absolute Gasteiger partial charge is 0.224 e. The summed E-state index contributed by atoms with van der Waals surface area (Å²) in [7, 11) is 0. The number of carbonyl (C=O) groups is 1. The molecular weight excluding hydrogens is 374 g/mol. The summed E-state index contributed by atoms with van der Waals surface area (Å²) in [6.07, 6.45) is 11.2. The van der Waals surface area contributed by atoms with Gasteiger partial charge in [0.25, 0.3) is 0 Å². The molecule has 0 aliphatic heterocycles. The number of rotatable bonds is 10. The van der Waals surface area contributed by atoms with Crippen molar-refractivity contribution in [2.45, 2.75) is 45.1 Å². The van der Waals surface area contributed by atoms with Crippen molar-refractivity contribution in [3.63, 3.8) is 0 Å². The van der Waals surface area contributed by atoms with Gasteiger partial charge in [-0.05, 0) is 37.1 Å². The molecule has 0 fully saturated rings. The predicted molar refractivity (Wildman–Crippen MR) is 111 cm³/mol. The van der Waals surface area contributed by atoms with Gasteiger partial charge in [0.05, 0.1) is 16.9 Å². The highest BCUT2D eigenvalue weighted by molar-refractivity contribution is 6.33. The molecule has 0 aliphatic carbocycles. The van der Waals surface area contributed by atoms with E-state index in [9.17, 15) is 4.79 Å². The Balaban J connectivity index is 1.27. The number of para-hydroxylation sites is 1. The molecule has 6 nitrogen and oxygen atoms in total. The van der Waals surface area contributed by atoms with E-state index >= 15 is 0 Å². The molecule has 7 heteroatoms. The number of hydrogen-bond donors (Lipinski definition) is 1. The number of aromatic nitrogens is 4. The normalized spacial score (nSPS) is 10.8. The Morgan fingerprint density at radius 2 is 1.86 bits per heavy atom. The van der Waals surface area contributed by atoms with E-state index in [4.69, 9.17) is 11.6 Å².